The van der Waals surface area contributed by atoms with Gasteiger partial charge in [-0.2, -0.15) is 0 Å². The summed E-state index contributed by atoms with van der Waals surface area (Å²) in [7, 11) is 7.35. The van der Waals surface area contributed by atoms with Crippen molar-refractivity contribution in [3.63, 3.8) is 0 Å². The number of amides is 1. The molecule has 5 nitrogen and oxygen atoms in total. The molecule has 0 saturated heterocycles. The Morgan fingerprint density at radius 2 is 1.95 bits per heavy atom. The Morgan fingerprint density at radius 1 is 1.26 bits per heavy atom. The SMILES string of the molecule is COc1cccc(N)c1C(=O)N(C)CCCN(C)C. The molecular weight excluding hydrogens is 242 g/mol. The fraction of sp³-hybridized carbons (Fsp3) is 0.500. The van der Waals surface area contributed by atoms with Crippen LogP contribution in [0.3, 0.4) is 0 Å². The highest BCUT2D eigenvalue weighted by Gasteiger charge is 2.19. The lowest BCUT2D eigenvalue weighted by Gasteiger charge is -2.20. The maximum Gasteiger partial charge on any atom is 0.259 e. The van der Waals surface area contributed by atoms with E-state index in [4.69, 9.17) is 10.5 Å². The number of nitrogen functional groups attached to an aromatic ring is 1. The lowest BCUT2D eigenvalue weighted by Crippen LogP contribution is -2.30. The minimum absolute atomic E-state index is 0.103. The molecule has 2 N–H and O–H groups in total. The zero-order valence-electron chi connectivity index (χ0n) is 12.1. The van der Waals surface area contributed by atoms with Gasteiger partial charge in [0.05, 0.1) is 7.11 Å². The normalized spacial score (nSPS) is 10.6. The monoisotopic (exact) mass is 265 g/mol. The van der Waals surface area contributed by atoms with E-state index in [1.807, 2.05) is 14.1 Å². The first-order valence-corrected chi connectivity index (χ1v) is 6.30. The number of rotatable bonds is 6. The van der Waals surface area contributed by atoms with Gasteiger partial charge in [0.1, 0.15) is 11.3 Å². The average Bonchev–Trinajstić information content (AvgIpc) is 2.37. The Bertz CT molecular complexity index is 433. The quantitative estimate of drug-likeness (QED) is 0.788. The molecule has 1 aromatic carbocycles. The lowest BCUT2D eigenvalue weighted by molar-refractivity contribution is 0.0788. The second kappa shape index (κ2) is 6.99. The molecule has 1 amide bonds. The van der Waals surface area contributed by atoms with Gasteiger partial charge in [-0.15, -0.1) is 0 Å². The predicted octanol–water partition coefficient (Wildman–Crippen LogP) is 1.30. The maximum absolute atomic E-state index is 12.4. The first-order valence-electron chi connectivity index (χ1n) is 6.30. The molecule has 0 saturated carbocycles. The van der Waals surface area contributed by atoms with Crippen molar-refractivity contribution < 1.29 is 9.53 Å². The van der Waals surface area contributed by atoms with Crippen molar-refractivity contribution in [2.24, 2.45) is 0 Å². The van der Waals surface area contributed by atoms with Crippen molar-refractivity contribution in [3.05, 3.63) is 23.8 Å². The maximum atomic E-state index is 12.4. The van der Waals surface area contributed by atoms with E-state index in [1.54, 1.807) is 30.1 Å². The topological polar surface area (TPSA) is 58.8 Å². The van der Waals surface area contributed by atoms with E-state index < -0.39 is 0 Å². The van der Waals surface area contributed by atoms with Crippen LogP contribution in [0.15, 0.2) is 18.2 Å². The molecule has 1 rings (SSSR count). The molecule has 106 valence electrons. The van der Waals surface area contributed by atoms with Gasteiger partial charge in [-0.05, 0) is 39.2 Å². The van der Waals surface area contributed by atoms with Gasteiger partial charge in [0.2, 0.25) is 0 Å². The van der Waals surface area contributed by atoms with E-state index in [2.05, 4.69) is 4.90 Å². The number of hydrogen-bond acceptors (Lipinski definition) is 4. The Balaban J connectivity index is 2.77. The summed E-state index contributed by atoms with van der Waals surface area (Å²) in [6.45, 7) is 1.63. The van der Waals surface area contributed by atoms with E-state index in [0.717, 1.165) is 13.0 Å². The van der Waals surface area contributed by atoms with Crippen LogP contribution in [0.25, 0.3) is 0 Å². The molecule has 0 aromatic heterocycles. The number of ether oxygens (including phenoxy) is 1. The summed E-state index contributed by atoms with van der Waals surface area (Å²) in [5, 5.41) is 0. The average molecular weight is 265 g/mol. The molecule has 5 heteroatoms. The molecule has 0 fully saturated rings. The molecule has 0 bridgehead atoms. The molecular formula is C14H23N3O2. The molecule has 0 heterocycles. The summed E-state index contributed by atoms with van der Waals surface area (Å²) in [5.74, 6) is 0.415. The van der Waals surface area contributed by atoms with Crippen molar-refractivity contribution in [1.82, 2.24) is 9.80 Å². The molecule has 0 unspecified atom stereocenters. The van der Waals surface area contributed by atoms with Gasteiger partial charge in [-0.1, -0.05) is 6.07 Å². The molecule has 19 heavy (non-hydrogen) atoms. The van der Waals surface area contributed by atoms with Crippen LogP contribution in [0, 0.1) is 0 Å². The number of carbonyl (C=O) groups excluding carboxylic acids is 1. The smallest absolute Gasteiger partial charge is 0.259 e. The van der Waals surface area contributed by atoms with E-state index in [0.29, 0.717) is 23.5 Å². The fourth-order valence-electron chi connectivity index (χ4n) is 1.86. The summed E-state index contributed by atoms with van der Waals surface area (Å²) >= 11 is 0. The van der Waals surface area contributed by atoms with Crippen LogP contribution < -0.4 is 10.5 Å². The number of methoxy groups -OCH3 is 1. The van der Waals surface area contributed by atoms with Crippen molar-refractivity contribution in [1.29, 1.82) is 0 Å². The van der Waals surface area contributed by atoms with Gasteiger partial charge < -0.3 is 20.3 Å². The first kappa shape index (κ1) is 15.3. The van der Waals surface area contributed by atoms with E-state index in [9.17, 15) is 4.79 Å². The van der Waals surface area contributed by atoms with Crippen LogP contribution in [-0.2, 0) is 0 Å². The number of nitrogens with two attached hydrogens (primary N) is 1. The minimum atomic E-state index is -0.103. The van der Waals surface area contributed by atoms with Crippen molar-refractivity contribution in [3.8, 4) is 5.75 Å². The second-order valence-electron chi connectivity index (χ2n) is 4.81. The number of benzene rings is 1. The molecule has 0 atom stereocenters. The third-order valence-electron chi connectivity index (χ3n) is 2.94. The zero-order chi connectivity index (χ0) is 14.4. The van der Waals surface area contributed by atoms with Gasteiger partial charge in [0.25, 0.3) is 5.91 Å². The van der Waals surface area contributed by atoms with Crippen LogP contribution in [0.2, 0.25) is 0 Å². The largest absolute Gasteiger partial charge is 0.496 e. The van der Waals surface area contributed by atoms with E-state index >= 15 is 0 Å². The Kier molecular flexibility index (Phi) is 5.63. The van der Waals surface area contributed by atoms with Crippen molar-refractivity contribution in [2.75, 3.05) is 47.1 Å². The van der Waals surface area contributed by atoms with Crippen LogP contribution >= 0.6 is 0 Å². The molecule has 0 aliphatic carbocycles. The number of hydrogen-bond donors (Lipinski definition) is 1. The molecule has 0 radical (unpaired) electrons. The van der Waals surface area contributed by atoms with Crippen molar-refractivity contribution in [2.45, 2.75) is 6.42 Å². The third kappa shape index (κ3) is 4.13. The van der Waals surface area contributed by atoms with Crippen LogP contribution in [0.5, 0.6) is 5.75 Å². The Morgan fingerprint density at radius 3 is 2.53 bits per heavy atom. The standard InChI is InChI=1S/C14H23N3O2/c1-16(2)9-6-10-17(3)14(18)13-11(15)7-5-8-12(13)19-4/h5,7-8H,6,9-10,15H2,1-4H3. The van der Waals surface area contributed by atoms with Gasteiger partial charge >= 0.3 is 0 Å². The Labute approximate surface area is 114 Å². The summed E-state index contributed by atoms with van der Waals surface area (Å²) in [6, 6.07) is 5.23. The van der Waals surface area contributed by atoms with Gasteiger partial charge in [-0.25, -0.2) is 0 Å². The summed E-state index contributed by atoms with van der Waals surface area (Å²) in [6.07, 6.45) is 0.921. The van der Waals surface area contributed by atoms with E-state index in [-0.39, 0.29) is 5.91 Å². The van der Waals surface area contributed by atoms with Gasteiger partial charge in [0, 0.05) is 19.3 Å². The van der Waals surface area contributed by atoms with Crippen LogP contribution in [0.1, 0.15) is 16.8 Å². The zero-order valence-corrected chi connectivity index (χ0v) is 12.1. The highest BCUT2D eigenvalue weighted by Crippen LogP contribution is 2.25. The van der Waals surface area contributed by atoms with Crippen molar-refractivity contribution >= 4 is 11.6 Å². The summed E-state index contributed by atoms with van der Waals surface area (Å²) in [5.41, 5.74) is 6.77. The van der Waals surface area contributed by atoms with Crippen LogP contribution in [0.4, 0.5) is 5.69 Å². The Hall–Kier alpha value is -1.75. The first-order chi connectivity index (χ1) is 8.97. The lowest BCUT2D eigenvalue weighted by atomic mass is 10.1. The fourth-order valence-corrected chi connectivity index (χ4v) is 1.86. The van der Waals surface area contributed by atoms with Crippen LogP contribution in [-0.4, -0.2) is 57.0 Å². The number of nitrogens with zero attached hydrogens (tertiary/aromatic N) is 2. The molecule has 0 spiro atoms. The predicted molar refractivity (Wildman–Crippen MR) is 77.5 cm³/mol. The van der Waals surface area contributed by atoms with Gasteiger partial charge in [0.15, 0.2) is 0 Å². The molecule has 1 aromatic rings. The number of carbonyl (C=O) groups is 1. The summed E-state index contributed by atoms with van der Waals surface area (Å²) < 4.78 is 5.20. The molecule has 0 aliphatic rings. The van der Waals surface area contributed by atoms with Gasteiger partial charge in [-0.3, -0.25) is 4.79 Å². The molecule has 0 aliphatic heterocycles. The third-order valence-corrected chi connectivity index (χ3v) is 2.94. The summed E-state index contributed by atoms with van der Waals surface area (Å²) in [4.78, 5) is 16.1. The highest BCUT2D eigenvalue weighted by molar-refractivity contribution is 6.01. The number of anilines is 1. The highest BCUT2D eigenvalue weighted by atomic mass is 16.5. The minimum Gasteiger partial charge on any atom is -0.496 e. The second-order valence-corrected chi connectivity index (χ2v) is 4.81. The van der Waals surface area contributed by atoms with E-state index in [1.165, 1.54) is 7.11 Å².